The van der Waals surface area contributed by atoms with Gasteiger partial charge in [0.15, 0.2) is 5.65 Å². The van der Waals surface area contributed by atoms with Gasteiger partial charge < -0.3 is 5.73 Å². The van der Waals surface area contributed by atoms with Crippen LogP contribution in [0.2, 0.25) is 0 Å². The molecule has 4 nitrogen and oxygen atoms in total. The van der Waals surface area contributed by atoms with Crippen molar-refractivity contribution in [1.82, 2.24) is 14.6 Å². The Morgan fingerprint density at radius 3 is 2.90 bits per heavy atom. The van der Waals surface area contributed by atoms with Gasteiger partial charge in [-0.25, -0.2) is 13.9 Å². The molecule has 0 fully saturated rings. The second-order valence-corrected chi connectivity index (χ2v) is 4.93. The predicted molar refractivity (Wildman–Crippen MR) is 78.2 cm³/mol. The lowest BCUT2D eigenvalue weighted by atomic mass is 10.1. The van der Waals surface area contributed by atoms with Crippen molar-refractivity contribution in [2.75, 3.05) is 6.54 Å². The highest BCUT2D eigenvalue weighted by atomic mass is 19.1. The van der Waals surface area contributed by atoms with Crippen LogP contribution in [0.25, 0.3) is 5.65 Å². The first-order valence-corrected chi connectivity index (χ1v) is 7.09. The van der Waals surface area contributed by atoms with Gasteiger partial charge in [-0.15, -0.1) is 0 Å². The Hall–Kier alpha value is -1.75. The lowest BCUT2D eigenvalue weighted by Crippen LogP contribution is -2.05. The summed E-state index contributed by atoms with van der Waals surface area (Å²) in [6.07, 6.45) is 7.13. The van der Waals surface area contributed by atoms with Crippen LogP contribution in [-0.4, -0.2) is 21.1 Å². The highest BCUT2D eigenvalue weighted by Crippen LogP contribution is 2.10. The van der Waals surface area contributed by atoms with E-state index in [9.17, 15) is 4.39 Å². The minimum Gasteiger partial charge on any atom is -0.327 e. The van der Waals surface area contributed by atoms with Gasteiger partial charge in [0, 0.05) is 6.54 Å². The maximum absolute atomic E-state index is 12.5. The zero-order valence-electron chi connectivity index (χ0n) is 11.8. The number of unbranched alkanes of at least 4 members (excludes halogenated alkanes) is 1. The first-order chi connectivity index (χ1) is 9.76. The molecule has 2 aromatic rings. The van der Waals surface area contributed by atoms with Gasteiger partial charge in [-0.05, 0) is 43.4 Å². The van der Waals surface area contributed by atoms with E-state index in [1.807, 2.05) is 22.8 Å². The molecule has 0 spiro atoms. The molecule has 108 valence electrons. The number of aromatic nitrogens is 3. The summed E-state index contributed by atoms with van der Waals surface area (Å²) in [6.45, 7) is 2.42. The third-order valence-electron chi connectivity index (χ3n) is 3.33. The van der Waals surface area contributed by atoms with Crippen molar-refractivity contribution in [3.63, 3.8) is 0 Å². The summed E-state index contributed by atoms with van der Waals surface area (Å²) < 4.78 is 14.3. The smallest absolute Gasteiger partial charge is 0.153 e. The van der Waals surface area contributed by atoms with Gasteiger partial charge in [0.2, 0.25) is 0 Å². The minimum absolute atomic E-state index is 0.255. The van der Waals surface area contributed by atoms with Crippen LogP contribution in [-0.2, 0) is 12.8 Å². The van der Waals surface area contributed by atoms with Crippen LogP contribution in [0.1, 0.15) is 37.6 Å². The van der Waals surface area contributed by atoms with E-state index in [2.05, 4.69) is 17.0 Å². The second kappa shape index (κ2) is 7.14. The molecule has 0 saturated heterocycles. The van der Waals surface area contributed by atoms with E-state index in [-0.39, 0.29) is 6.54 Å². The van der Waals surface area contributed by atoms with Crippen LogP contribution < -0.4 is 5.73 Å². The Morgan fingerprint density at radius 1 is 1.35 bits per heavy atom. The molecule has 0 amide bonds. The highest BCUT2D eigenvalue weighted by molar-refractivity contribution is 5.38. The van der Waals surface area contributed by atoms with E-state index in [0.29, 0.717) is 24.7 Å². The van der Waals surface area contributed by atoms with Crippen molar-refractivity contribution < 1.29 is 4.39 Å². The maximum Gasteiger partial charge on any atom is 0.153 e. The highest BCUT2D eigenvalue weighted by Gasteiger charge is 2.04. The second-order valence-electron chi connectivity index (χ2n) is 4.93. The molecule has 0 aliphatic rings. The number of halogens is 1. The quantitative estimate of drug-likeness (QED) is 0.846. The molecule has 0 unspecified atom stereocenters. The molecule has 2 aromatic heterocycles. The Labute approximate surface area is 118 Å². The lowest BCUT2D eigenvalue weighted by molar-refractivity contribution is 0.688. The molecule has 0 aliphatic carbocycles. The zero-order chi connectivity index (χ0) is 14.4. The normalized spacial score (nSPS) is 12.2. The lowest BCUT2D eigenvalue weighted by Gasteiger charge is -2.02. The number of fused-ring (bicyclic) bond motifs is 1. The SMILES string of the molecule is CCCCc1cn2nc(CC/C(=C/F)CN)ccc2n1. The Kier molecular flexibility index (Phi) is 5.24. The van der Waals surface area contributed by atoms with Crippen LogP contribution in [0, 0.1) is 0 Å². The Bertz CT molecular complexity index is 589. The van der Waals surface area contributed by atoms with Crippen molar-refractivity contribution in [2.45, 2.75) is 39.0 Å². The van der Waals surface area contributed by atoms with Gasteiger partial charge in [-0.3, -0.25) is 0 Å². The van der Waals surface area contributed by atoms with Gasteiger partial charge in [-0.2, -0.15) is 5.10 Å². The van der Waals surface area contributed by atoms with E-state index in [0.717, 1.165) is 36.3 Å². The number of nitrogens with zero attached hydrogens (tertiary/aromatic N) is 3. The van der Waals surface area contributed by atoms with Gasteiger partial charge in [-0.1, -0.05) is 13.3 Å². The van der Waals surface area contributed by atoms with Crippen LogP contribution in [0.4, 0.5) is 4.39 Å². The van der Waals surface area contributed by atoms with Crippen molar-refractivity contribution in [2.24, 2.45) is 5.73 Å². The van der Waals surface area contributed by atoms with Crippen molar-refractivity contribution >= 4 is 5.65 Å². The Morgan fingerprint density at radius 2 is 2.20 bits per heavy atom. The van der Waals surface area contributed by atoms with E-state index in [1.54, 1.807) is 0 Å². The summed E-state index contributed by atoms with van der Waals surface area (Å²) in [7, 11) is 0. The van der Waals surface area contributed by atoms with Gasteiger partial charge in [0.1, 0.15) is 0 Å². The number of nitrogens with two attached hydrogens (primary N) is 1. The van der Waals surface area contributed by atoms with Crippen molar-refractivity contribution in [1.29, 1.82) is 0 Å². The molecule has 0 atom stereocenters. The predicted octanol–water partition coefficient (Wildman–Crippen LogP) is 2.82. The van der Waals surface area contributed by atoms with E-state index in [1.165, 1.54) is 0 Å². The molecular weight excluding hydrogens is 255 g/mol. The summed E-state index contributed by atoms with van der Waals surface area (Å²) in [6, 6.07) is 3.90. The third kappa shape index (κ3) is 3.63. The Balaban J connectivity index is 2.08. The summed E-state index contributed by atoms with van der Waals surface area (Å²) in [5, 5.41) is 4.51. The molecule has 2 heterocycles. The largest absolute Gasteiger partial charge is 0.327 e. The number of hydrogen-bond acceptors (Lipinski definition) is 3. The minimum atomic E-state index is 0.255. The molecule has 20 heavy (non-hydrogen) atoms. The fourth-order valence-corrected chi connectivity index (χ4v) is 2.07. The summed E-state index contributed by atoms with van der Waals surface area (Å²) >= 11 is 0. The molecule has 2 N–H and O–H groups in total. The summed E-state index contributed by atoms with van der Waals surface area (Å²) in [4.78, 5) is 4.53. The van der Waals surface area contributed by atoms with E-state index < -0.39 is 0 Å². The van der Waals surface area contributed by atoms with Gasteiger partial charge in [0.05, 0.1) is 23.9 Å². The standard InChI is InChI=1S/C15H21FN4/c1-2-3-4-14-11-20-15(18-14)8-7-13(19-20)6-5-12(9-16)10-17/h7-9,11H,2-6,10,17H2,1H3/b12-9-. The summed E-state index contributed by atoms with van der Waals surface area (Å²) in [5.74, 6) is 0. The number of imidazole rings is 1. The van der Waals surface area contributed by atoms with Crippen LogP contribution in [0.5, 0.6) is 0 Å². The van der Waals surface area contributed by atoms with Crippen molar-refractivity contribution in [3.8, 4) is 0 Å². The number of rotatable bonds is 7. The maximum atomic E-state index is 12.5. The van der Waals surface area contributed by atoms with Crippen LogP contribution >= 0.6 is 0 Å². The molecule has 0 aromatic carbocycles. The monoisotopic (exact) mass is 276 g/mol. The average molecular weight is 276 g/mol. The molecule has 0 saturated carbocycles. The van der Waals surface area contributed by atoms with Crippen LogP contribution in [0.15, 0.2) is 30.2 Å². The molecule has 2 rings (SSSR count). The first-order valence-electron chi connectivity index (χ1n) is 7.09. The van der Waals surface area contributed by atoms with Gasteiger partial charge in [0.25, 0.3) is 0 Å². The van der Waals surface area contributed by atoms with Crippen molar-refractivity contribution in [3.05, 3.63) is 41.6 Å². The van der Waals surface area contributed by atoms with E-state index in [4.69, 9.17) is 5.73 Å². The number of aryl methyl sites for hydroxylation is 2. The van der Waals surface area contributed by atoms with Gasteiger partial charge >= 0.3 is 0 Å². The first kappa shape index (κ1) is 14.7. The zero-order valence-corrected chi connectivity index (χ0v) is 11.8. The topological polar surface area (TPSA) is 56.2 Å². The molecule has 0 radical (unpaired) electrons. The molecule has 0 bridgehead atoms. The third-order valence-corrected chi connectivity index (χ3v) is 3.33. The summed E-state index contributed by atoms with van der Waals surface area (Å²) in [5.41, 5.74) is 8.91. The molecule has 5 heteroatoms. The fourth-order valence-electron chi connectivity index (χ4n) is 2.07. The van der Waals surface area contributed by atoms with Crippen LogP contribution in [0.3, 0.4) is 0 Å². The molecular formula is C15H21FN4. The fraction of sp³-hybridized carbons (Fsp3) is 0.467. The molecule has 0 aliphatic heterocycles. The van der Waals surface area contributed by atoms with E-state index >= 15 is 0 Å². The number of hydrogen-bond donors (Lipinski definition) is 1. The average Bonchev–Trinajstić information content (AvgIpc) is 2.88.